The summed E-state index contributed by atoms with van der Waals surface area (Å²) in [6.45, 7) is 14.7. The number of benzene rings is 2. The normalized spacial score (nSPS) is 13.8. The number of aryl methyl sites for hydroxylation is 2. The molecule has 2 aromatic heterocycles. The number of rotatable bonds is 11. The van der Waals surface area contributed by atoms with Crippen molar-refractivity contribution in [2.45, 2.75) is 65.9 Å². The van der Waals surface area contributed by atoms with Crippen LogP contribution in [0.1, 0.15) is 75.8 Å². The first-order chi connectivity index (χ1) is 21.8. The SMILES string of the molecule is Cc1cc(C)n(C(=O)c2c(NC(=O)c3ccc(S(=O)(=O)N(CC(C)C)CC(C)C)cc3)sc3c2CCN(Cc2ccccc2)C3)n1. The van der Waals surface area contributed by atoms with E-state index in [1.54, 1.807) is 0 Å². The average Bonchev–Trinajstić information content (AvgIpc) is 3.54. The molecule has 0 aliphatic carbocycles. The lowest BCUT2D eigenvalue weighted by atomic mass is 10.0. The smallest absolute Gasteiger partial charge is 0.281 e. The van der Waals surface area contributed by atoms with E-state index < -0.39 is 15.9 Å². The topological polar surface area (TPSA) is 105 Å². The molecule has 5 rings (SSSR count). The van der Waals surface area contributed by atoms with Gasteiger partial charge in [0.25, 0.3) is 11.8 Å². The van der Waals surface area contributed by atoms with Crippen molar-refractivity contribution >= 4 is 38.2 Å². The van der Waals surface area contributed by atoms with Crippen molar-refractivity contribution in [2.75, 3.05) is 25.0 Å². The molecule has 1 aliphatic heterocycles. The molecular weight excluding hydrogens is 619 g/mol. The monoisotopic (exact) mass is 661 g/mol. The van der Waals surface area contributed by atoms with Gasteiger partial charge in [0.05, 0.1) is 16.2 Å². The van der Waals surface area contributed by atoms with Crippen molar-refractivity contribution < 1.29 is 18.0 Å². The van der Waals surface area contributed by atoms with Crippen LogP contribution in [0.2, 0.25) is 0 Å². The van der Waals surface area contributed by atoms with Crippen LogP contribution in [0.15, 0.2) is 65.6 Å². The molecule has 1 N–H and O–H groups in total. The summed E-state index contributed by atoms with van der Waals surface area (Å²) in [7, 11) is -3.73. The molecule has 0 fully saturated rings. The standard InChI is InChI=1S/C35H43N5O4S2/c1-23(2)19-39(20-24(3)4)46(43,44)29-14-12-28(13-15-29)33(41)36-34-32(35(42)40-26(6)18-25(5)37-40)30-16-17-38(22-31(30)45-34)21-27-10-8-7-9-11-27/h7-15,18,23-24H,16-17,19-22H2,1-6H3,(H,36,41). The Bertz CT molecular complexity index is 1800. The van der Waals surface area contributed by atoms with Crippen molar-refractivity contribution in [3.05, 3.63) is 99.2 Å². The van der Waals surface area contributed by atoms with Crippen LogP contribution in [0.3, 0.4) is 0 Å². The summed E-state index contributed by atoms with van der Waals surface area (Å²) >= 11 is 1.42. The summed E-state index contributed by atoms with van der Waals surface area (Å²) in [6.07, 6.45) is 0.671. The van der Waals surface area contributed by atoms with Crippen LogP contribution in [0.5, 0.6) is 0 Å². The molecule has 46 heavy (non-hydrogen) atoms. The third-order valence-electron chi connectivity index (χ3n) is 7.92. The molecule has 1 aliphatic rings. The minimum Gasteiger partial charge on any atom is -0.313 e. The summed E-state index contributed by atoms with van der Waals surface area (Å²) < 4.78 is 29.9. The number of hydrogen-bond acceptors (Lipinski definition) is 7. The van der Waals surface area contributed by atoms with Gasteiger partial charge in [0, 0.05) is 48.9 Å². The van der Waals surface area contributed by atoms with E-state index in [4.69, 9.17) is 0 Å². The number of anilines is 1. The minimum absolute atomic E-state index is 0.149. The second-order valence-electron chi connectivity index (χ2n) is 12.9. The van der Waals surface area contributed by atoms with E-state index in [9.17, 15) is 18.0 Å². The molecular formula is C35H43N5O4S2. The Hall–Kier alpha value is -3.64. The van der Waals surface area contributed by atoms with Crippen LogP contribution in [0.4, 0.5) is 5.00 Å². The van der Waals surface area contributed by atoms with E-state index in [-0.39, 0.29) is 22.6 Å². The van der Waals surface area contributed by atoms with Crippen LogP contribution in [0, 0.1) is 25.7 Å². The number of sulfonamides is 1. The molecule has 11 heteroatoms. The maximum atomic E-state index is 14.0. The van der Waals surface area contributed by atoms with Crippen LogP contribution in [-0.4, -0.2) is 58.9 Å². The molecule has 0 saturated heterocycles. The van der Waals surface area contributed by atoms with E-state index in [0.717, 1.165) is 34.9 Å². The van der Waals surface area contributed by atoms with E-state index in [1.165, 1.54) is 50.2 Å². The van der Waals surface area contributed by atoms with E-state index in [2.05, 4.69) is 27.4 Å². The van der Waals surface area contributed by atoms with Gasteiger partial charge in [0.2, 0.25) is 10.0 Å². The molecule has 4 aromatic rings. The third-order valence-corrected chi connectivity index (χ3v) is 10.9. The van der Waals surface area contributed by atoms with Gasteiger partial charge >= 0.3 is 0 Å². The van der Waals surface area contributed by atoms with Crippen molar-refractivity contribution in [1.29, 1.82) is 0 Å². The van der Waals surface area contributed by atoms with E-state index in [0.29, 0.717) is 42.2 Å². The van der Waals surface area contributed by atoms with Gasteiger partial charge in [-0.3, -0.25) is 14.5 Å². The van der Waals surface area contributed by atoms with Gasteiger partial charge in [-0.1, -0.05) is 58.0 Å². The van der Waals surface area contributed by atoms with Crippen LogP contribution in [-0.2, 0) is 29.5 Å². The fraction of sp³-hybridized carbons (Fsp3) is 0.400. The predicted molar refractivity (Wildman–Crippen MR) is 183 cm³/mol. The third kappa shape index (κ3) is 7.49. The Kier molecular flexibility index (Phi) is 10.3. The summed E-state index contributed by atoms with van der Waals surface area (Å²) in [5, 5.41) is 7.91. The van der Waals surface area contributed by atoms with Crippen molar-refractivity contribution in [3.63, 3.8) is 0 Å². The maximum absolute atomic E-state index is 14.0. The molecule has 2 aromatic carbocycles. The highest BCUT2D eigenvalue weighted by Gasteiger charge is 2.31. The first kappa shape index (κ1) is 33.7. The highest BCUT2D eigenvalue weighted by molar-refractivity contribution is 7.89. The Morgan fingerprint density at radius 2 is 1.63 bits per heavy atom. The minimum atomic E-state index is -3.73. The number of fused-ring (bicyclic) bond motifs is 1. The van der Waals surface area contributed by atoms with E-state index >= 15 is 0 Å². The number of amides is 1. The van der Waals surface area contributed by atoms with Crippen molar-refractivity contribution in [1.82, 2.24) is 19.0 Å². The molecule has 1 amide bonds. The number of thiophene rings is 1. The Morgan fingerprint density at radius 1 is 0.978 bits per heavy atom. The zero-order valence-electron chi connectivity index (χ0n) is 27.4. The lowest BCUT2D eigenvalue weighted by Crippen LogP contribution is -2.37. The Labute approximate surface area is 276 Å². The van der Waals surface area contributed by atoms with Gasteiger partial charge in [0.1, 0.15) is 5.00 Å². The maximum Gasteiger partial charge on any atom is 0.281 e. The van der Waals surface area contributed by atoms with Gasteiger partial charge < -0.3 is 5.32 Å². The molecule has 0 unspecified atom stereocenters. The summed E-state index contributed by atoms with van der Waals surface area (Å²) in [4.78, 5) is 31.1. The second kappa shape index (κ2) is 14.0. The first-order valence-electron chi connectivity index (χ1n) is 15.7. The Morgan fingerprint density at radius 3 is 2.22 bits per heavy atom. The van der Waals surface area contributed by atoms with Crippen molar-refractivity contribution in [3.8, 4) is 0 Å². The number of nitrogens with one attached hydrogen (secondary N) is 1. The number of aromatic nitrogens is 2. The van der Waals surface area contributed by atoms with E-state index in [1.807, 2.05) is 65.8 Å². The second-order valence-corrected chi connectivity index (χ2v) is 15.9. The Balaban J connectivity index is 1.42. The van der Waals surface area contributed by atoms with Gasteiger partial charge in [-0.2, -0.15) is 9.40 Å². The lowest BCUT2D eigenvalue weighted by molar-refractivity contribution is 0.0942. The van der Waals surface area contributed by atoms with Crippen molar-refractivity contribution in [2.24, 2.45) is 11.8 Å². The van der Waals surface area contributed by atoms with Gasteiger partial charge in [0.15, 0.2) is 0 Å². The zero-order chi connectivity index (χ0) is 33.2. The number of carbonyl (C=O) groups excluding carboxylic acids is 2. The molecule has 0 radical (unpaired) electrons. The van der Waals surface area contributed by atoms with Gasteiger partial charge in [-0.15, -0.1) is 11.3 Å². The van der Waals surface area contributed by atoms with Gasteiger partial charge in [-0.25, -0.2) is 13.1 Å². The highest BCUT2D eigenvalue weighted by atomic mass is 32.2. The van der Waals surface area contributed by atoms with Crippen LogP contribution in [0.25, 0.3) is 0 Å². The van der Waals surface area contributed by atoms with Gasteiger partial charge in [-0.05, 0) is 73.6 Å². The quantitative estimate of drug-likeness (QED) is 0.201. The number of nitrogens with zero attached hydrogens (tertiary/aromatic N) is 4. The average molecular weight is 662 g/mol. The summed E-state index contributed by atoms with van der Waals surface area (Å²) in [5.74, 6) is -0.335. The lowest BCUT2D eigenvalue weighted by Gasteiger charge is -2.27. The summed E-state index contributed by atoms with van der Waals surface area (Å²) in [6, 6.07) is 18.2. The largest absolute Gasteiger partial charge is 0.313 e. The molecule has 0 atom stereocenters. The van der Waals surface area contributed by atoms with Crippen LogP contribution >= 0.6 is 11.3 Å². The summed E-state index contributed by atoms with van der Waals surface area (Å²) in [5.41, 5.74) is 4.40. The molecule has 9 nitrogen and oxygen atoms in total. The highest BCUT2D eigenvalue weighted by Crippen LogP contribution is 2.38. The van der Waals surface area contributed by atoms with Crippen LogP contribution < -0.4 is 5.32 Å². The molecule has 0 saturated carbocycles. The fourth-order valence-electron chi connectivity index (χ4n) is 5.88. The predicted octanol–water partition coefficient (Wildman–Crippen LogP) is 6.36. The molecule has 0 spiro atoms. The fourth-order valence-corrected chi connectivity index (χ4v) is 8.92. The first-order valence-corrected chi connectivity index (χ1v) is 18.0. The molecule has 244 valence electrons. The molecule has 0 bridgehead atoms. The zero-order valence-corrected chi connectivity index (χ0v) is 29.0. The number of hydrogen-bond donors (Lipinski definition) is 1. The number of carbonyl (C=O) groups is 2. The molecule has 3 heterocycles.